The van der Waals surface area contributed by atoms with E-state index in [1.807, 2.05) is 0 Å². The van der Waals surface area contributed by atoms with Gasteiger partial charge in [0.05, 0.1) is 0 Å². The van der Waals surface area contributed by atoms with Gasteiger partial charge in [-0.1, -0.05) is 27.7 Å². The van der Waals surface area contributed by atoms with Crippen LogP contribution in [-0.4, -0.2) is 54.3 Å². The number of nitrogens with zero attached hydrogens (tertiary/aromatic N) is 2. The molecule has 18 heavy (non-hydrogen) atoms. The van der Waals surface area contributed by atoms with Gasteiger partial charge in [-0.15, -0.1) is 0 Å². The maximum atomic E-state index is 4.60. The second-order valence-electron chi connectivity index (χ2n) is 5.76. The lowest BCUT2D eigenvalue weighted by Gasteiger charge is -2.35. The van der Waals surface area contributed by atoms with Crippen LogP contribution in [0.15, 0.2) is 0 Å². The Bertz CT molecular complexity index is 216. The molecule has 0 aromatic carbocycles. The summed E-state index contributed by atoms with van der Waals surface area (Å²) < 4.78 is 0. The predicted molar refractivity (Wildman–Crippen MR) is 84.6 cm³/mol. The van der Waals surface area contributed by atoms with Crippen LogP contribution in [0.2, 0.25) is 0 Å². The monoisotopic (exact) mass is 272 g/mol. The van der Waals surface area contributed by atoms with Gasteiger partial charge in [-0.3, -0.25) is 4.90 Å². The second kappa shape index (κ2) is 7.76. The Morgan fingerprint density at radius 3 is 2.22 bits per heavy atom. The molecule has 0 amide bonds. The summed E-state index contributed by atoms with van der Waals surface area (Å²) in [4.78, 5) is 5.28. The van der Waals surface area contributed by atoms with Gasteiger partial charge in [0.25, 0.3) is 0 Å². The molecule has 0 aliphatic carbocycles. The molecule has 0 radical (unpaired) electrons. The average Bonchev–Trinajstić information content (AvgIpc) is 2.86. The number of hydrogen-bond donors (Lipinski definition) is 1. The maximum absolute atomic E-state index is 4.60. The first kappa shape index (κ1) is 16.3. The number of thiol groups is 1. The van der Waals surface area contributed by atoms with Crippen LogP contribution in [0.4, 0.5) is 0 Å². The first-order chi connectivity index (χ1) is 8.64. The third-order valence-electron chi connectivity index (χ3n) is 4.97. The Balaban J connectivity index is 2.51. The third kappa shape index (κ3) is 3.88. The van der Waals surface area contributed by atoms with Crippen LogP contribution >= 0.6 is 12.6 Å². The van der Waals surface area contributed by atoms with Gasteiger partial charge >= 0.3 is 0 Å². The van der Waals surface area contributed by atoms with Crippen molar-refractivity contribution in [1.29, 1.82) is 0 Å². The van der Waals surface area contributed by atoms with Crippen molar-refractivity contribution in [3.8, 4) is 0 Å². The molecular formula is C15H32N2S. The molecule has 0 aromatic rings. The van der Waals surface area contributed by atoms with Crippen LogP contribution in [0, 0.1) is 5.41 Å². The number of likely N-dealkylation sites (tertiary alicyclic amines) is 1. The summed E-state index contributed by atoms with van der Waals surface area (Å²) in [6.45, 7) is 15.3. The SMILES string of the molecule is CCN(CC)C1CCN(CC(CC)(CC)CS)C1. The molecule has 3 heteroatoms. The van der Waals surface area contributed by atoms with Gasteiger partial charge < -0.3 is 4.90 Å². The van der Waals surface area contributed by atoms with Gasteiger partial charge in [0, 0.05) is 19.1 Å². The fraction of sp³-hybridized carbons (Fsp3) is 1.00. The zero-order valence-electron chi connectivity index (χ0n) is 12.8. The van der Waals surface area contributed by atoms with E-state index in [9.17, 15) is 0 Å². The first-order valence-corrected chi connectivity index (χ1v) is 8.35. The number of rotatable bonds is 8. The smallest absolute Gasteiger partial charge is 0.0235 e. The van der Waals surface area contributed by atoms with Gasteiger partial charge in [-0.05, 0) is 50.1 Å². The lowest BCUT2D eigenvalue weighted by molar-refractivity contribution is 0.162. The Morgan fingerprint density at radius 2 is 1.78 bits per heavy atom. The minimum Gasteiger partial charge on any atom is -0.301 e. The molecule has 1 rings (SSSR count). The molecule has 0 aromatic heterocycles. The zero-order chi connectivity index (χ0) is 13.6. The maximum Gasteiger partial charge on any atom is 0.0235 e. The zero-order valence-corrected chi connectivity index (χ0v) is 13.7. The molecule has 1 atom stereocenters. The summed E-state index contributed by atoms with van der Waals surface area (Å²) >= 11 is 4.60. The van der Waals surface area contributed by atoms with Crippen molar-refractivity contribution in [2.45, 2.75) is 53.0 Å². The topological polar surface area (TPSA) is 6.48 Å². The van der Waals surface area contributed by atoms with Crippen molar-refractivity contribution in [2.75, 3.05) is 38.5 Å². The van der Waals surface area contributed by atoms with Crippen molar-refractivity contribution in [2.24, 2.45) is 5.41 Å². The fourth-order valence-corrected chi connectivity index (χ4v) is 3.76. The van der Waals surface area contributed by atoms with E-state index in [0.29, 0.717) is 5.41 Å². The fourth-order valence-electron chi connectivity index (χ4n) is 3.22. The largest absolute Gasteiger partial charge is 0.301 e. The van der Waals surface area contributed by atoms with E-state index in [0.717, 1.165) is 11.8 Å². The standard InChI is InChI=1S/C15H32N2S/c1-5-15(6-2,13-18)12-16-10-9-14(11-16)17(7-3)8-4/h14,18H,5-13H2,1-4H3. The van der Waals surface area contributed by atoms with Crippen molar-refractivity contribution in [3.05, 3.63) is 0 Å². The normalized spacial score (nSPS) is 22.0. The molecule has 1 aliphatic heterocycles. The number of hydrogen-bond acceptors (Lipinski definition) is 3. The summed E-state index contributed by atoms with van der Waals surface area (Å²) in [5.41, 5.74) is 0.432. The second-order valence-corrected chi connectivity index (χ2v) is 6.08. The van der Waals surface area contributed by atoms with Crippen molar-refractivity contribution >= 4 is 12.6 Å². The van der Waals surface area contributed by atoms with Gasteiger partial charge in [-0.25, -0.2) is 0 Å². The molecule has 2 nitrogen and oxygen atoms in total. The van der Waals surface area contributed by atoms with E-state index >= 15 is 0 Å². The third-order valence-corrected chi connectivity index (χ3v) is 5.64. The molecule has 1 unspecified atom stereocenters. The molecule has 0 N–H and O–H groups in total. The highest BCUT2D eigenvalue weighted by molar-refractivity contribution is 7.80. The molecular weight excluding hydrogens is 240 g/mol. The predicted octanol–water partition coefficient (Wildman–Crippen LogP) is 3.14. The van der Waals surface area contributed by atoms with Crippen molar-refractivity contribution < 1.29 is 0 Å². The summed E-state index contributed by atoms with van der Waals surface area (Å²) in [6.07, 6.45) is 3.84. The Labute approximate surface area is 120 Å². The van der Waals surface area contributed by atoms with Gasteiger partial charge in [0.2, 0.25) is 0 Å². The van der Waals surface area contributed by atoms with Crippen LogP contribution in [0.5, 0.6) is 0 Å². The van der Waals surface area contributed by atoms with E-state index in [2.05, 4.69) is 50.1 Å². The lowest BCUT2D eigenvalue weighted by atomic mass is 9.84. The Morgan fingerprint density at radius 1 is 1.17 bits per heavy atom. The highest BCUT2D eigenvalue weighted by atomic mass is 32.1. The van der Waals surface area contributed by atoms with Gasteiger partial charge in [0.15, 0.2) is 0 Å². The summed E-state index contributed by atoms with van der Waals surface area (Å²) in [5.74, 6) is 1.02. The molecule has 1 heterocycles. The van der Waals surface area contributed by atoms with Crippen LogP contribution in [0.1, 0.15) is 47.0 Å². The summed E-state index contributed by atoms with van der Waals surface area (Å²) in [6, 6.07) is 0.784. The van der Waals surface area contributed by atoms with Crippen LogP contribution in [0.3, 0.4) is 0 Å². The highest BCUT2D eigenvalue weighted by Gasteiger charge is 2.32. The van der Waals surface area contributed by atoms with Crippen LogP contribution in [-0.2, 0) is 0 Å². The lowest BCUT2D eigenvalue weighted by Crippen LogP contribution is -2.41. The van der Waals surface area contributed by atoms with E-state index in [1.165, 1.54) is 52.0 Å². The summed E-state index contributed by atoms with van der Waals surface area (Å²) in [7, 11) is 0. The summed E-state index contributed by atoms with van der Waals surface area (Å²) in [5, 5.41) is 0. The quantitative estimate of drug-likeness (QED) is 0.678. The average molecular weight is 273 g/mol. The van der Waals surface area contributed by atoms with E-state index < -0.39 is 0 Å². The molecule has 108 valence electrons. The number of likely N-dealkylation sites (N-methyl/N-ethyl adjacent to an activating group) is 1. The first-order valence-electron chi connectivity index (χ1n) is 7.71. The van der Waals surface area contributed by atoms with Crippen LogP contribution < -0.4 is 0 Å². The molecule has 1 aliphatic rings. The van der Waals surface area contributed by atoms with E-state index in [-0.39, 0.29) is 0 Å². The highest BCUT2D eigenvalue weighted by Crippen LogP contribution is 2.30. The van der Waals surface area contributed by atoms with E-state index in [1.54, 1.807) is 0 Å². The molecule has 0 spiro atoms. The van der Waals surface area contributed by atoms with Gasteiger partial charge in [-0.2, -0.15) is 12.6 Å². The van der Waals surface area contributed by atoms with Crippen LogP contribution in [0.25, 0.3) is 0 Å². The minimum absolute atomic E-state index is 0.432. The minimum atomic E-state index is 0.432. The Kier molecular flexibility index (Phi) is 7.04. The molecule has 0 saturated carbocycles. The molecule has 1 fully saturated rings. The van der Waals surface area contributed by atoms with E-state index in [4.69, 9.17) is 0 Å². The molecule has 0 bridgehead atoms. The van der Waals surface area contributed by atoms with Crippen molar-refractivity contribution in [1.82, 2.24) is 9.80 Å². The Hall–Kier alpha value is 0.270. The van der Waals surface area contributed by atoms with Gasteiger partial charge in [0.1, 0.15) is 0 Å². The van der Waals surface area contributed by atoms with Crippen molar-refractivity contribution in [3.63, 3.8) is 0 Å². The molecule has 1 saturated heterocycles.